The van der Waals surface area contributed by atoms with Crippen LogP contribution in [0.3, 0.4) is 0 Å². The van der Waals surface area contributed by atoms with Gasteiger partial charge in [-0.2, -0.15) is 0 Å². The number of fused-ring (bicyclic) bond motifs is 3. The molecule has 0 unspecified atom stereocenters. The summed E-state index contributed by atoms with van der Waals surface area (Å²) in [6.07, 6.45) is 0. The van der Waals surface area contributed by atoms with Crippen LogP contribution in [0, 0.1) is 0 Å². The fraction of sp³-hybridized carbons (Fsp3) is 0.143. The number of rotatable bonds is 7. The molecular formula is C56H50N2. The highest BCUT2D eigenvalue weighted by Crippen LogP contribution is 2.40. The molecule has 0 aliphatic heterocycles. The van der Waals surface area contributed by atoms with Crippen molar-refractivity contribution >= 4 is 38.9 Å². The summed E-state index contributed by atoms with van der Waals surface area (Å²) in [6.45, 7) is 13.8. The summed E-state index contributed by atoms with van der Waals surface area (Å²) in [5.74, 6) is 0. The first-order valence-electron chi connectivity index (χ1n) is 20.4. The van der Waals surface area contributed by atoms with Gasteiger partial charge in [0.15, 0.2) is 0 Å². The zero-order valence-corrected chi connectivity index (χ0v) is 34.4. The largest absolute Gasteiger partial charge is 0.310 e. The van der Waals surface area contributed by atoms with Gasteiger partial charge in [-0.25, -0.2) is 0 Å². The van der Waals surface area contributed by atoms with Gasteiger partial charge in [-0.05, 0) is 128 Å². The average Bonchev–Trinajstić information content (AvgIpc) is 3.58. The van der Waals surface area contributed by atoms with Crippen LogP contribution < -0.4 is 4.90 Å². The van der Waals surface area contributed by atoms with Crippen molar-refractivity contribution in [1.82, 2.24) is 4.57 Å². The molecule has 9 aromatic rings. The lowest BCUT2D eigenvalue weighted by atomic mass is 9.85. The van der Waals surface area contributed by atoms with Crippen molar-refractivity contribution < 1.29 is 0 Å². The molecule has 0 saturated heterocycles. The number of nitrogens with zero attached hydrogens (tertiary/aromatic N) is 2. The first kappa shape index (κ1) is 37.0. The van der Waals surface area contributed by atoms with E-state index in [0.29, 0.717) is 0 Å². The fourth-order valence-electron chi connectivity index (χ4n) is 8.18. The molecule has 1 aromatic heterocycles. The zero-order valence-electron chi connectivity index (χ0n) is 34.4. The molecule has 0 saturated carbocycles. The molecule has 0 N–H and O–H groups in total. The second-order valence-corrected chi connectivity index (χ2v) is 17.6. The average molecular weight is 751 g/mol. The SMILES string of the molecule is CC(C)(C)c1ccc2c(c1)c1cc(C(C)(C)C)ccc1n2-c1ccc(-c2cccc(N(c3ccc(-c4ccccc4)cc3)c3ccc(-c4ccccc4)cc3)c2)cc1. The third-order valence-corrected chi connectivity index (χ3v) is 11.5. The van der Waals surface area contributed by atoms with Gasteiger partial charge < -0.3 is 9.47 Å². The first-order valence-corrected chi connectivity index (χ1v) is 20.4. The molecule has 0 atom stereocenters. The van der Waals surface area contributed by atoms with Crippen molar-refractivity contribution in [3.63, 3.8) is 0 Å². The van der Waals surface area contributed by atoms with Crippen LogP contribution >= 0.6 is 0 Å². The molecular weight excluding hydrogens is 701 g/mol. The minimum atomic E-state index is 0.0627. The van der Waals surface area contributed by atoms with Gasteiger partial charge in [-0.3, -0.25) is 0 Å². The van der Waals surface area contributed by atoms with E-state index in [1.165, 1.54) is 66.3 Å². The summed E-state index contributed by atoms with van der Waals surface area (Å²) in [5.41, 5.74) is 16.9. The van der Waals surface area contributed by atoms with Crippen molar-refractivity contribution in [3.8, 4) is 39.1 Å². The highest BCUT2D eigenvalue weighted by Gasteiger charge is 2.21. The molecule has 2 heteroatoms. The Morgan fingerprint density at radius 1 is 0.328 bits per heavy atom. The van der Waals surface area contributed by atoms with Crippen molar-refractivity contribution in [3.05, 3.63) is 205 Å². The third-order valence-electron chi connectivity index (χ3n) is 11.5. The Morgan fingerprint density at radius 3 is 1.17 bits per heavy atom. The van der Waals surface area contributed by atoms with Crippen LogP contribution in [-0.2, 0) is 10.8 Å². The van der Waals surface area contributed by atoms with E-state index in [4.69, 9.17) is 0 Å². The van der Waals surface area contributed by atoms with Crippen molar-refractivity contribution in [2.75, 3.05) is 4.90 Å². The van der Waals surface area contributed by atoms with Crippen LogP contribution in [0.1, 0.15) is 52.7 Å². The normalized spacial score (nSPS) is 12.0. The van der Waals surface area contributed by atoms with E-state index < -0.39 is 0 Å². The zero-order chi connectivity index (χ0) is 40.0. The lowest BCUT2D eigenvalue weighted by Crippen LogP contribution is -2.10. The molecule has 0 radical (unpaired) electrons. The smallest absolute Gasteiger partial charge is 0.0541 e. The van der Waals surface area contributed by atoms with Crippen LogP contribution in [-0.4, -0.2) is 4.57 Å². The predicted molar refractivity (Wildman–Crippen MR) is 249 cm³/mol. The van der Waals surface area contributed by atoms with Gasteiger partial charge >= 0.3 is 0 Å². The number of hydrogen-bond acceptors (Lipinski definition) is 1. The van der Waals surface area contributed by atoms with E-state index in [1.807, 2.05) is 0 Å². The first-order chi connectivity index (χ1) is 28.0. The van der Waals surface area contributed by atoms with Crippen molar-refractivity contribution in [2.24, 2.45) is 0 Å². The van der Waals surface area contributed by atoms with Crippen molar-refractivity contribution in [2.45, 2.75) is 52.4 Å². The topological polar surface area (TPSA) is 8.17 Å². The lowest BCUT2D eigenvalue weighted by Gasteiger charge is -2.26. The van der Waals surface area contributed by atoms with E-state index >= 15 is 0 Å². The monoisotopic (exact) mass is 750 g/mol. The Morgan fingerprint density at radius 2 is 0.724 bits per heavy atom. The van der Waals surface area contributed by atoms with Gasteiger partial charge in [0.25, 0.3) is 0 Å². The van der Waals surface area contributed by atoms with Gasteiger partial charge in [0.1, 0.15) is 0 Å². The molecule has 0 aliphatic carbocycles. The van der Waals surface area contributed by atoms with Crippen molar-refractivity contribution in [1.29, 1.82) is 0 Å². The van der Waals surface area contributed by atoms with E-state index in [9.17, 15) is 0 Å². The quantitative estimate of drug-likeness (QED) is 0.157. The predicted octanol–water partition coefficient (Wildman–Crippen LogP) is 15.8. The summed E-state index contributed by atoms with van der Waals surface area (Å²) in [6, 6.07) is 71.1. The molecule has 0 amide bonds. The molecule has 2 nitrogen and oxygen atoms in total. The lowest BCUT2D eigenvalue weighted by molar-refractivity contribution is 0.590. The maximum absolute atomic E-state index is 2.43. The third kappa shape index (κ3) is 7.12. The number of aromatic nitrogens is 1. The summed E-state index contributed by atoms with van der Waals surface area (Å²) < 4.78 is 2.43. The van der Waals surface area contributed by atoms with Crippen LogP contribution in [0.2, 0.25) is 0 Å². The van der Waals surface area contributed by atoms with Crippen LogP contribution in [0.4, 0.5) is 17.1 Å². The summed E-state index contributed by atoms with van der Waals surface area (Å²) >= 11 is 0. The number of anilines is 3. The molecule has 0 spiro atoms. The van der Waals surface area contributed by atoms with Gasteiger partial charge in [0.2, 0.25) is 0 Å². The summed E-state index contributed by atoms with van der Waals surface area (Å²) in [5, 5.41) is 2.61. The minimum Gasteiger partial charge on any atom is -0.310 e. The second-order valence-electron chi connectivity index (χ2n) is 17.6. The fourth-order valence-corrected chi connectivity index (χ4v) is 8.18. The second kappa shape index (κ2) is 14.7. The number of benzene rings is 8. The summed E-state index contributed by atoms with van der Waals surface area (Å²) in [7, 11) is 0. The van der Waals surface area contributed by atoms with Gasteiger partial charge in [-0.15, -0.1) is 0 Å². The molecule has 1 heterocycles. The Kier molecular flexibility index (Phi) is 9.37. The maximum atomic E-state index is 2.43. The highest BCUT2D eigenvalue weighted by atomic mass is 15.1. The van der Waals surface area contributed by atoms with E-state index in [1.54, 1.807) is 0 Å². The van der Waals surface area contributed by atoms with E-state index in [2.05, 4.69) is 245 Å². The Balaban J connectivity index is 1.10. The highest BCUT2D eigenvalue weighted by molar-refractivity contribution is 6.10. The molecule has 0 fully saturated rings. The molecule has 8 aromatic carbocycles. The standard InChI is InChI=1S/C56H50N2/c1-55(2,3)45-26-34-53-51(37-45)52-38-46(56(4,5)6)27-35-54(52)58(53)49-32-24-43(25-33-49)44-18-13-19-50(36-44)57(47-28-20-41(21-29-47)39-14-9-7-10-15-39)48-30-22-42(23-31-48)40-16-11-8-12-17-40/h7-38H,1-6H3. The molecule has 9 rings (SSSR count). The summed E-state index contributed by atoms with van der Waals surface area (Å²) in [4.78, 5) is 2.36. The van der Waals surface area contributed by atoms with Crippen LogP contribution in [0.15, 0.2) is 194 Å². The molecule has 0 bridgehead atoms. The van der Waals surface area contributed by atoms with E-state index in [-0.39, 0.29) is 10.8 Å². The Bertz CT molecular complexity index is 2700. The van der Waals surface area contributed by atoms with Crippen LogP contribution in [0.5, 0.6) is 0 Å². The van der Waals surface area contributed by atoms with E-state index in [0.717, 1.165) is 22.7 Å². The number of hydrogen-bond donors (Lipinski definition) is 0. The maximum Gasteiger partial charge on any atom is 0.0541 e. The molecule has 58 heavy (non-hydrogen) atoms. The molecule has 0 aliphatic rings. The molecule has 284 valence electrons. The van der Waals surface area contributed by atoms with Gasteiger partial charge in [0.05, 0.1) is 11.0 Å². The minimum absolute atomic E-state index is 0.0627. The van der Waals surface area contributed by atoms with Crippen LogP contribution in [0.25, 0.3) is 60.9 Å². The van der Waals surface area contributed by atoms with Gasteiger partial charge in [-0.1, -0.05) is 163 Å². The Labute approximate surface area is 343 Å². The van der Waals surface area contributed by atoms with Gasteiger partial charge in [0, 0.05) is 33.5 Å². The Hall–Kier alpha value is -6.64.